The minimum atomic E-state index is -6.28. The number of alkyl halides is 6. The number of nitriles is 1. The number of anilines is 2. The molecule has 2 aromatic carbocycles. The number of nitrogens with zero attached hydrogens (tertiary/aromatic N) is 2. The molecule has 234 valence electrons. The Morgan fingerprint density at radius 1 is 0.955 bits per heavy atom. The first-order chi connectivity index (χ1) is 20.3. The van der Waals surface area contributed by atoms with Gasteiger partial charge in [0.2, 0.25) is 0 Å². The summed E-state index contributed by atoms with van der Waals surface area (Å²) in [5.41, 5.74) is -9.63. The molecule has 0 atom stereocenters. The molecule has 0 spiro atoms. The first-order valence-corrected chi connectivity index (χ1v) is 13.7. The van der Waals surface area contributed by atoms with E-state index in [0.29, 0.717) is 0 Å². The van der Waals surface area contributed by atoms with E-state index in [-0.39, 0.29) is 34.8 Å². The van der Waals surface area contributed by atoms with Gasteiger partial charge in [-0.25, -0.2) is 9.78 Å². The van der Waals surface area contributed by atoms with Gasteiger partial charge in [0.25, 0.3) is 5.88 Å². The van der Waals surface area contributed by atoms with Crippen LogP contribution in [0.4, 0.5) is 42.5 Å². The van der Waals surface area contributed by atoms with Crippen molar-refractivity contribution in [3.05, 3.63) is 71.4 Å². The van der Waals surface area contributed by atoms with Crippen molar-refractivity contribution >= 4 is 33.5 Å². The Morgan fingerprint density at radius 2 is 1.57 bits per heavy atom. The minimum absolute atomic E-state index is 0.0625. The van der Waals surface area contributed by atoms with E-state index in [4.69, 9.17) is 4.74 Å². The highest BCUT2D eigenvalue weighted by Crippen LogP contribution is 2.37. The average Bonchev–Trinajstić information content (AvgIpc) is 2.92. The number of hydrogen-bond acceptors (Lipinski definition) is 8. The van der Waals surface area contributed by atoms with Crippen LogP contribution in [0.15, 0.2) is 54.6 Å². The van der Waals surface area contributed by atoms with Crippen LogP contribution in [0.2, 0.25) is 0 Å². The fourth-order valence-corrected chi connectivity index (χ4v) is 4.03. The number of ether oxygens (including phenoxy) is 1. The molecule has 1 heterocycles. The van der Waals surface area contributed by atoms with Crippen molar-refractivity contribution in [2.45, 2.75) is 37.9 Å². The number of carbonyl (C=O) groups excluding carboxylic acids is 2. The highest BCUT2D eigenvalue weighted by atomic mass is 32.2. The average molecular weight is 645 g/mol. The van der Waals surface area contributed by atoms with Gasteiger partial charge in [0.05, 0.1) is 17.9 Å². The maximum absolute atomic E-state index is 13.1. The van der Waals surface area contributed by atoms with Gasteiger partial charge < -0.3 is 19.6 Å². The predicted molar refractivity (Wildman–Crippen MR) is 144 cm³/mol. The van der Waals surface area contributed by atoms with Crippen LogP contribution >= 0.6 is 0 Å². The van der Waals surface area contributed by atoms with Crippen molar-refractivity contribution in [3.63, 3.8) is 0 Å². The van der Waals surface area contributed by atoms with E-state index in [1.165, 1.54) is 57.2 Å². The number of halogens is 6. The summed E-state index contributed by atoms with van der Waals surface area (Å²) in [6, 6.07) is 10.9. The van der Waals surface area contributed by atoms with E-state index in [0.717, 1.165) is 18.2 Å². The molecular formula is C27H22F6N4O6S. The maximum atomic E-state index is 13.1. The van der Waals surface area contributed by atoms with Crippen LogP contribution in [0, 0.1) is 11.3 Å². The second kappa shape index (κ2) is 12.4. The monoisotopic (exact) mass is 644 g/mol. The molecule has 3 rings (SSSR count). The Labute approximate surface area is 246 Å². The second-order valence-corrected chi connectivity index (χ2v) is 10.9. The summed E-state index contributed by atoms with van der Waals surface area (Å²) in [5, 5.41) is 14.4. The van der Waals surface area contributed by atoms with Crippen molar-refractivity contribution in [2.24, 2.45) is 0 Å². The molecule has 3 aromatic rings. The standard InChI is InChI=1S/C27H22F6N4O6S/c1-4-42-23(38)25(2,3)21-13-19(20(14-34)22(37-21)43-44(40,41)27(31,32)33)15-8-10-17(11-9-15)35-24(39)36-18-7-5-6-16(12-18)26(28,29)30/h5-13H,4H2,1-3H3,(H2,35,36,39). The van der Waals surface area contributed by atoms with Gasteiger partial charge in [0, 0.05) is 16.9 Å². The summed E-state index contributed by atoms with van der Waals surface area (Å²) in [7, 11) is -6.28. The first kappa shape index (κ1) is 33.6. The molecular weight excluding hydrogens is 622 g/mol. The van der Waals surface area contributed by atoms with Crippen LogP contribution in [0.25, 0.3) is 11.1 Å². The Kier molecular flexibility index (Phi) is 9.49. The largest absolute Gasteiger partial charge is 0.534 e. The Hall–Kier alpha value is -4.85. The molecule has 2 N–H and O–H groups in total. The number of urea groups is 1. The summed E-state index contributed by atoms with van der Waals surface area (Å²) in [4.78, 5) is 28.7. The van der Waals surface area contributed by atoms with E-state index >= 15 is 0 Å². The molecule has 0 saturated carbocycles. The number of amides is 2. The maximum Gasteiger partial charge on any atom is 0.534 e. The van der Waals surface area contributed by atoms with E-state index < -0.39 is 56.2 Å². The Balaban J connectivity index is 2.01. The molecule has 0 fully saturated rings. The third-order valence-corrected chi connectivity index (χ3v) is 6.84. The normalized spacial score (nSPS) is 12.2. The minimum Gasteiger partial charge on any atom is -0.465 e. The zero-order valence-electron chi connectivity index (χ0n) is 22.9. The highest BCUT2D eigenvalue weighted by Gasteiger charge is 2.49. The van der Waals surface area contributed by atoms with Gasteiger partial charge in [-0.2, -0.15) is 40.0 Å². The van der Waals surface area contributed by atoms with Gasteiger partial charge in [-0.15, -0.1) is 0 Å². The number of benzene rings is 2. The fourth-order valence-electron chi connectivity index (χ4n) is 3.60. The van der Waals surface area contributed by atoms with Gasteiger partial charge in [0.15, 0.2) is 0 Å². The van der Waals surface area contributed by atoms with E-state index in [2.05, 4.69) is 19.8 Å². The van der Waals surface area contributed by atoms with Crippen molar-refractivity contribution in [2.75, 3.05) is 17.2 Å². The molecule has 2 amide bonds. The van der Waals surface area contributed by atoms with Crippen LogP contribution in [0.1, 0.15) is 37.6 Å². The number of esters is 1. The fraction of sp³-hybridized carbons (Fsp3) is 0.259. The third-order valence-electron chi connectivity index (χ3n) is 5.90. The van der Waals surface area contributed by atoms with Crippen molar-refractivity contribution in [1.82, 2.24) is 4.98 Å². The molecule has 0 aliphatic carbocycles. The van der Waals surface area contributed by atoms with Crippen LogP contribution in [0.3, 0.4) is 0 Å². The molecule has 0 aliphatic heterocycles. The van der Waals surface area contributed by atoms with E-state index in [1.807, 2.05) is 0 Å². The van der Waals surface area contributed by atoms with Crippen molar-refractivity contribution in [3.8, 4) is 23.1 Å². The number of hydrogen-bond donors (Lipinski definition) is 2. The first-order valence-electron chi connectivity index (χ1n) is 12.3. The summed E-state index contributed by atoms with van der Waals surface area (Å²) in [5.74, 6) is -2.10. The predicted octanol–water partition coefficient (Wildman–Crippen LogP) is 6.35. The highest BCUT2D eigenvalue weighted by molar-refractivity contribution is 7.88. The Morgan fingerprint density at radius 3 is 2.11 bits per heavy atom. The lowest BCUT2D eigenvalue weighted by Crippen LogP contribution is -2.33. The molecule has 0 aliphatic rings. The number of rotatable bonds is 8. The smallest absolute Gasteiger partial charge is 0.465 e. The number of aromatic nitrogens is 1. The van der Waals surface area contributed by atoms with Crippen molar-refractivity contribution in [1.29, 1.82) is 5.26 Å². The van der Waals surface area contributed by atoms with Gasteiger partial charge in [-0.3, -0.25) is 4.79 Å². The van der Waals surface area contributed by atoms with E-state index in [9.17, 15) is 49.6 Å². The Bertz CT molecular complexity index is 1720. The van der Waals surface area contributed by atoms with Gasteiger partial charge in [0.1, 0.15) is 17.0 Å². The van der Waals surface area contributed by atoms with Crippen LogP contribution < -0.4 is 14.8 Å². The molecule has 0 bridgehead atoms. The summed E-state index contributed by atoms with van der Waals surface area (Å²) in [6.07, 6.45) is -4.63. The van der Waals surface area contributed by atoms with Crippen LogP contribution in [0.5, 0.6) is 5.88 Å². The summed E-state index contributed by atoms with van der Waals surface area (Å²) < 4.78 is 111. The quantitative estimate of drug-likeness (QED) is 0.125. The lowest BCUT2D eigenvalue weighted by atomic mass is 9.86. The SMILES string of the molecule is CCOC(=O)C(C)(C)c1cc(-c2ccc(NC(=O)Nc3cccc(C(F)(F)F)c3)cc2)c(C#N)c(OS(=O)(=O)C(F)(F)F)n1. The topological polar surface area (TPSA) is 147 Å². The molecule has 0 radical (unpaired) electrons. The molecule has 1 aromatic heterocycles. The number of carbonyl (C=O) groups is 2. The lowest BCUT2D eigenvalue weighted by molar-refractivity contribution is -0.149. The number of nitrogens with one attached hydrogen (secondary N) is 2. The lowest BCUT2D eigenvalue weighted by Gasteiger charge is -2.24. The molecule has 17 heteroatoms. The molecule has 0 saturated heterocycles. The third kappa shape index (κ3) is 7.56. The van der Waals surface area contributed by atoms with Gasteiger partial charge in [-0.05, 0) is 62.7 Å². The zero-order valence-corrected chi connectivity index (χ0v) is 23.7. The number of pyridine rings is 1. The van der Waals surface area contributed by atoms with Crippen molar-refractivity contribution < 1.29 is 53.3 Å². The van der Waals surface area contributed by atoms with Gasteiger partial charge in [-0.1, -0.05) is 18.2 Å². The summed E-state index contributed by atoms with van der Waals surface area (Å²) >= 11 is 0. The second-order valence-electron chi connectivity index (χ2n) is 9.41. The van der Waals surface area contributed by atoms with Crippen LogP contribution in [-0.4, -0.2) is 37.5 Å². The molecule has 0 unspecified atom stereocenters. The summed E-state index contributed by atoms with van der Waals surface area (Å²) in [6.45, 7) is 4.06. The molecule has 44 heavy (non-hydrogen) atoms. The molecule has 10 nitrogen and oxygen atoms in total. The van der Waals surface area contributed by atoms with E-state index in [1.54, 1.807) is 6.07 Å². The van der Waals surface area contributed by atoms with Crippen LogP contribution in [-0.2, 0) is 31.2 Å². The zero-order chi connectivity index (χ0) is 33.1. The van der Waals surface area contributed by atoms with Gasteiger partial charge >= 0.3 is 33.8 Å².